The van der Waals surface area contributed by atoms with Gasteiger partial charge in [-0.15, -0.1) is 21.5 Å². The van der Waals surface area contributed by atoms with Crippen molar-refractivity contribution in [1.29, 1.82) is 0 Å². The van der Waals surface area contributed by atoms with Crippen LogP contribution >= 0.6 is 11.3 Å². The van der Waals surface area contributed by atoms with Gasteiger partial charge in [-0.25, -0.2) is 4.99 Å². The first-order chi connectivity index (χ1) is 13.8. The molecule has 2 aromatic rings. The molecule has 0 radical (unpaired) electrons. The number of alkyl halides is 3. The van der Waals surface area contributed by atoms with E-state index in [0.29, 0.717) is 45.2 Å². The van der Waals surface area contributed by atoms with Crippen molar-refractivity contribution in [2.24, 2.45) is 12.0 Å². The van der Waals surface area contributed by atoms with Gasteiger partial charge in [0.25, 0.3) is 0 Å². The Bertz CT molecular complexity index is 808. The van der Waals surface area contributed by atoms with E-state index in [2.05, 4.69) is 20.5 Å². The highest BCUT2D eigenvalue weighted by Gasteiger charge is 2.41. The molecule has 0 bridgehead atoms. The fourth-order valence-electron chi connectivity index (χ4n) is 3.11. The summed E-state index contributed by atoms with van der Waals surface area (Å²) in [5.41, 5.74) is 0. The highest BCUT2D eigenvalue weighted by atomic mass is 32.1. The van der Waals surface area contributed by atoms with Gasteiger partial charge < -0.3 is 14.8 Å². The van der Waals surface area contributed by atoms with Crippen molar-refractivity contribution in [3.63, 3.8) is 0 Å². The van der Waals surface area contributed by atoms with Gasteiger partial charge in [-0.3, -0.25) is 4.90 Å². The van der Waals surface area contributed by atoms with Crippen LogP contribution < -0.4 is 5.32 Å². The lowest BCUT2D eigenvalue weighted by Crippen LogP contribution is -2.56. The van der Waals surface area contributed by atoms with Gasteiger partial charge in [0.1, 0.15) is 18.4 Å². The van der Waals surface area contributed by atoms with E-state index in [9.17, 15) is 13.2 Å². The van der Waals surface area contributed by atoms with Gasteiger partial charge in [0, 0.05) is 38.1 Å². The first-order valence-electron chi connectivity index (χ1n) is 9.47. The summed E-state index contributed by atoms with van der Waals surface area (Å²) in [6.07, 6.45) is -4.21. The first-order valence-corrected chi connectivity index (χ1v) is 10.3. The molecule has 7 nitrogen and oxygen atoms in total. The van der Waals surface area contributed by atoms with Crippen LogP contribution in [0.5, 0.6) is 0 Å². The Morgan fingerprint density at radius 1 is 1.28 bits per heavy atom. The van der Waals surface area contributed by atoms with Crippen molar-refractivity contribution in [2.75, 3.05) is 26.2 Å². The van der Waals surface area contributed by atoms with Crippen LogP contribution in [0.2, 0.25) is 0 Å². The fourth-order valence-corrected chi connectivity index (χ4v) is 3.75. The maximum Gasteiger partial charge on any atom is 0.403 e. The summed E-state index contributed by atoms with van der Waals surface area (Å²) < 4.78 is 40.9. The quantitative estimate of drug-likeness (QED) is 0.584. The summed E-state index contributed by atoms with van der Waals surface area (Å²) in [6.45, 7) is 5.69. The molecule has 3 rings (SSSR count). The summed E-state index contributed by atoms with van der Waals surface area (Å²) in [5, 5.41) is 13.5. The third kappa shape index (κ3) is 5.47. The zero-order valence-corrected chi connectivity index (χ0v) is 17.6. The molecule has 0 aliphatic carbocycles. The molecule has 1 aliphatic rings. The van der Waals surface area contributed by atoms with Gasteiger partial charge in [0.15, 0.2) is 11.8 Å². The van der Waals surface area contributed by atoms with Gasteiger partial charge in [-0.1, -0.05) is 6.07 Å². The molecule has 0 saturated carbocycles. The van der Waals surface area contributed by atoms with Crippen molar-refractivity contribution >= 4 is 17.3 Å². The predicted octanol–water partition coefficient (Wildman–Crippen LogP) is 2.40. The van der Waals surface area contributed by atoms with E-state index in [-0.39, 0.29) is 0 Å². The summed E-state index contributed by atoms with van der Waals surface area (Å²) >= 11 is 1.64. The smallest absolute Gasteiger partial charge is 0.351 e. The number of piperazine rings is 1. The lowest BCUT2D eigenvalue weighted by atomic mass is 10.2. The Morgan fingerprint density at radius 2 is 2.00 bits per heavy atom. The third-order valence-electron chi connectivity index (χ3n) is 5.19. The van der Waals surface area contributed by atoms with Crippen LogP contribution in [-0.4, -0.2) is 68.9 Å². The molecule has 1 fully saturated rings. The molecule has 3 heterocycles. The molecule has 160 valence electrons. The average Bonchev–Trinajstić information content (AvgIpc) is 3.32. The molecule has 1 N–H and O–H groups in total. The third-order valence-corrected chi connectivity index (χ3v) is 6.07. The number of rotatable bonds is 5. The number of thiophene rings is 1. The van der Waals surface area contributed by atoms with Crippen molar-refractivity contribution in [3.05, 3.63) is 34.0 Å². The molecule has 11 heteroatoms. The molecular weight excluding hydrogens is 403 g/mol. The van der Waals surface area contributed by atoms with Crippen molar-refractivity contribution in [2.45, 2.75) is 39.2 Å². The second-order valence-electron chi connectivity index (χ2n) is 7.04. The number of aliphatic imine (C=N–C) groups is 1. The Labute approximate surface area is 172 Å². The second-order valence-corrected chi connectivity index (χ2v) is 8.07. The van der Waals surface area contributed by atoms with Crippen LogP contribution in [0.25, 0.3) is 0 Å². The highest BCUT2D eigenvalue weighted by Crippen LogP contribution is 2.25. The van der Waals surface area contributed by atoms with E-state index in [1.54, 1.807) is 11.3 Å². The SMILES string of the molecule is Cc1nnc(CN=C(NCc2cccs2)N2CCN(C(C)C(F)(F)F)CC2)n1C. The number of hydrogen-bond acceptors (Lipinski definition) is 5. The number of aromatic nitrogens is 3. The van der Waals surface area contributed by atoms with E-state index in [1.807, 2.05) is 41.0 Å². The van der Waals surface area contributed by atoms with E-state index in [0.717, 1.165) is 16.5 Å². The van der Waals surface area contributed by atoms with Gasteiger partial charge in [-0.2, -0.15) is 13.2 Å². The van der Waals surface area contributed by atoms with Crippen molar-refractivity contribution in [3.8, 4) is 0 Å². The Hall–Kier alpha value is -2.14. The van der Waals surface area contributed by atoms with Crippen molar-refractivity contribution in [1.82, 2.24) is 29.9 Å². The Kier molecular flexibility index (Phi) is 6.78. The predicted molar refractivity (Wildman–Crippen MR) is 107 cm³/mol. The topological polar surface area (TPSA) is 61.6 Å². The van der Waals surface area contributed by atoms with Crippen LogP contribution in [-0.2, 0) is 20.1 Å². The standard InChI is InChI=1S/C18H26F3N7S/c1-13(18(19,20)21)27-6-8-28(9-7-27)17(22-11-15-5-4-10-29-15)23-12-16-25-24-14(2)26(16)3/h4-5,10,13H,6-9,11-12H2,1-3H3,(H,22,23). The largest absolute Gasteiger partial charge is 0.403 e. The number of halogens is 3. The summed E-state index contributed by atoms with van der Waals surface area (Å²) in [6, 6.07) is 2.58. The summed E-state index contributed by atoms with van der Waals surface area (Å²) in [4.78, 5) is 9.33. The maximum atomic E-state index is 13.0. The second kappa shape index (κ2) is 9.12. The molecule has 1 unspecified atom stereocenters. The molecular formula is C18H26F3N7S. The van der Waals surface area contributed by atoms with Crippen LogP contribution in [0.1, 0.15) is 23.4 Å². The van der Waals surface area contributed by atoms with E-state index < -0.39 is 12.2 Å². The summed E-state index contributed by atoms with van der Waals surface area (Å²) in [7, 11) is 1.89. The fraction of sp³-hybridized carbons (Fsp3) is 0.611. The highest BCUT2D eigenvalue weighted by molar-refractivity contribution is 7.09. The van der Waals surface area contributed by atoms with Gasteiger partial charge in [0.05, 0.1) is 6.54 Å². The van der Waals surface area contributed by atoms with Gasteiger partial charge in [0.2, 0.25) is 0 Å². The molecule has 0 amide bonds. The van der Waals surface area contributed by atoms with Gasteiger partial charge >= 0.3 is 6.18 Å². The zero-order valence-electron chi connectivity index (χ0n) is 16.8. The lowest BCUT2D eigenvalue weighted by molar-refractivity contribution is -0.181. The van der Waals surface area contributed by atoms with Gasteiger partial charge in [-0.05, 0) is 25.3 Å². The minimum atomic E-state index is -4.21. The van der Waals surface area contributed by atoms with E-state index >= 15 is 0 Å². The molecule has 1 atom stereocenters. The number of hydrogen-bond donors (Lipinski definition) is 1. The van der Waals surface area contributed by atoms with Crippen LogP contribution in [0.3, 0.4) is 0 Å². The lowest BCUT2D eigenvalue weighted by Gasteiger charge is -2.39. The minimum Gasteiger partial charge on any atom is -0.351 e. The molecule has 1 aliphatic heterocycles. The van der Waals surface area contributed by atoms with Crippen LogP contribution in [0.15, 0.2) is 22.5 Å². The normalized spacial score (nSPS) is 17.6. The van der Waals surface area contributed by atoms with Crippen molar-refractivity contribution < 1.29 is 13.2 Å². The monoisotopic (exact) mass is 429 g/mol. The van der Waals surface area contributed by atoms with Crippen LogP contribution in [0.4, 0.5) is 13.2 Å². The molecule has 0 spiro atoms. The molecule has 2 aromatic heterocycles. The maximum absolute atomic E-state index is 13.0. The number of aryl methyl sites for hydroxylation is 1. The summed E-state index contributed by atoms with van der Waals surface area (Å²) in [5.74, 6) is 2.22. The average molecular weight is 430 g/mol. The Balaban J connectivity index is 1.68. The zero-order chi connectivity index (χ0) is 21.0. The molecule has 1 saturated heterocycles. The van der Waals surface area contributed by atoms with E-state index in [1.165, 1.54) is 11.8 Å². The first kappa shape index (κ1) is 21.6. The number of guanidine groups is 1. The Morgan fingerprint density at radius 3 is 2.55 bits per heavy atom. The van der Waals surface area contributed by atoms with E-state index in [4.69, 9.17) is 0 Å². The molecule has 0 aromatic carbocycles. The minimum absolute atomic E-state index is 0.337. The molecule has 29 heavy (non-hydrogen) atoms. The van der Waals surface area contributed by atoms with Crippen LogP contribution in [0, 0.1) is 6.92 Å². The number of nitrogens with one attached hydrogen (secondary N) is 1. The number of nitrogens with zero attached hydrogens (tertiary/aromatic N) is 6.